The molecule has 0 amide bonds. The summed E-state index contributed by atoms with van der Waals surface area (Å²) in [6, 6.07) is 7.55. The smallest absolute Gasteiger partial charge is 0.310 e. The molecule has 0 saturated carbocycles. The molecule has 17 heavy (non-hydrogen) atoms. The Hall–Kier alpha value is -1.22. The lowest BCUT2D eigenvalue weighted by Gasteiger charge is -2.23. The minimum atomic E-state index is -0.159. The van der Waals surface area contributed by atoms with Gasteiger partial charge < -0.3 is 9.64 Å². The third-order valence-corrected chi connectivity index (χ3v) is 3.04. The zero-order valence-corrected chi connectivity index (χ0v) is 11.2. The first-order chi connectivity index (χ1) is 8.08. The lowest BCUT2D eigenvalue weighted by Crippen LogP contribution is -2.30. The van der Waals surface area contributed by atoms with E-state index in [-0.39, 0.29) is 11.9 Å². The van der Waals surface area contributed by atoms with E-state index in [9.17, 15) is 4.79 Å². The Morgan fingerprint density at radius 1 is 1.41 bits per heavy atom. The third-order valence-electron chi connectivity index (χ3n) is 2.79. The van der Waals surface area contributed by atoms with Gasteiger partial charge in [-0.3, -0.25) is 4.79 Å². The topological polar surface area (TPSA) is 29.5 Å². The van der Waals surface area contributed by atoms with Gasteiger partial charge in [0.25, 0.3) is 0 Å². The zero-order chi connectivity index (χ0) is 12.8. The van der Waals surface area contributed by atoms with E-state index < -0.39 is 0 Å². The van der Waals surface area contributed by atoms with E-state index in [0.717, 1.165) is 12.1 Å². The van der Waals surface area contributed by atoms with Crippen LogP contribution in [0.25, 0.3) is 0 Å². The van der Waals surface area contributed by atoms with E-state index in [1.165, 1.54) is 7.11 Å². The molecule has 4 heteroatoms. The van der Waals surface area contributed by atoms with Crippen LogP contribution in [0.4, 0.5) is 5.69 Å². The number of carbonyl (C=O) groups excluding carboxylic acids is 1. The molecule has 0 bridgehead atoms. The second-order valence-electron chi connectivity index (χ2n) is 3.99. The van der Waals surface area contributed by atoms with Gasteiger partial charge in [0.15, 0.2) is 0 Å². The van der Waals surface area contributed by atoms with Crippen LogP contribution in [0, 0.1) is 5.92 Å². The maximum Gasteiger partial charge on any atom is 0.310 e. The molecule has 0 aliphatic heterocycles. The summed E-state index contributed by atoms with van der Waals surface area (Å²) < 4.78 is 4.77. The van der Waals surface area contributed by atoms with Crippen molar-refractivity contribution in [3.63, 3.8) is 0 Å². The minimum absolute atomic E-state index is 0.0966. The fourth-order valence-corrected chi connectivity index (χ4v) is 1.79. The van der Waals surface area contributed by atoms with E-state index in [2.05, 4.69) is 0 Å². The number of rotatable bonds is 5. The molecule has 0 heterocycles. The number of halogens is 1. The first kappa shape index (κ1) is 13.8. The van der Waals surface area contributed by atoms with Crippen LogP contribution in [0.15, 0.2) is 24.3 Å². The highest BCUT2D eigenvalue weighted by molar-refractivity contribution is 6.30. The number of esters is 1. The molecule has 3 nitrogen and oxygen atoms in total. The van der Waals surface area contributed by atoms with E-state index in [1.54, 1.807) is 0 Å². The number of ether oxygens (including phenoxy) is 1. The van der Waals surface area contributed by atoms with E-state index in [1.807, 2.05) is 43.1 Å². The summed E-state index contributed by atoms with van der Waals surface area (Å²) in [7, 11) is 3.38. The summed E-state index contributed by atoms with van der Waals surface area (Å²) >= 11 is 5.83. The molecule has 0 saturated heterocycles. The van der Waals surface area contributed by atoms with Crippen LogP contribution < -0.4 is 4.90 Å². The number of nitrogens with zero attached hydrogens (tertiary/aromatic N) is 1. The maximum absolute atomic E-state index is 11.5. The lowest BCUT2D eigenvalue weighted by molar-refractivity contribution is -0.145. The first-order valence-corrected chi connectivity index (χ1v) is 6.00. The number of methoxy groups -OCH3 is 1. The second-order valence-corrected chi connectivity index (χ2v) is 4.42. The van der Waals surface area contributed by atoms with Gasteiger partial charge in [-0.05, 0) is 30.7 Å². The summed E-state index contributed by atoms with van der Waals surface area (Å²) in [5, 5.41) is 0.710. The fraction of sp³-hybridized carbons (Fsp3) is 0.462. The van der Waals surface area contributed by atoms with Crippen molar-refractivity contribution in [3.8, 4) is 0 Å². The summed E-state index contributed by atoms with van der Waals surface area (Å²) in [6.45, 7) is 2.63. The van der Waals surface area contributed by atoms with Gasteiger partial charge in [0, 0.05) is 24.3 Å². The average molecular weight is 256 g/mol. The van der Waals surface area contributed by atoms with E-state index >= 15 is 0 Å². The van der Waals surface area contributed by atoms with Gasteiger partial charge in [0.2, 0.25) is 0 Å². The highest BCUT2D eigenvalue weighted by Gasteiger charge is 2.19. The van der Waals surface area contributed by atoms with E-state index in [4.69, 9.17) is 16.3 Å². The molecule has 1 rings (SSSR count). The molecular formula is C13H18ClNO2. The molecule has 0 spiro atoms. The Morgan fingerprint density at radius 2 is 2.00 bits per heavy atom. The van der Waals surface area contributed by atoms with Crippen molar-refractivity contribution < 1.29 is 9.53 Å². The molecule has 1 aromatic rings. The van der Waals surface area contributed by atoms with Gasteiger partial charge in [0.1, 0.15) is 0 Å². The van der Waals surface area contributed by atoms with Gasteiger partial charge in [0.05, 0.1) is 13.0 Å². The lowest BCUT2D eigenvalue weighted by atomic mass is 10.1. The van der Waals surface area contributed by atoms with Gasteiger partial charge in [-0.15, -0.1) is 0 Å². The summed E-state index contributed by atoms with van der Waals surface area (Å²) in [6.07, 6.45) is 0.768. The van der Waals surface area contributed by atoms with Crippen molar-refractivity contribution in [2.75, 3.05) is 25.6 Å². The van der Waals surface area contributed by atoms with Crippen LogP contribution in [0.5, 0.6) is 0 Å². The number of hydrogen-bond donors (Lipinski definition) is 0. The Morgan fingerprint density at radius 3 is 2.47 bits per heavy atom. The van der Waals surface area contributed by atoms with Crippen molar-refractivity contribution >= 4 is 23.3 Å². The standard InChI is InChI=1S/C13H18ClNO2/c1-4-10(13(16)17-3)9-15(2)12-7-5-11(14)6-8-12/h5-8,10H,4,9H2,1-3H3. The highest BCUT2D eigenvalue weighted by Crippen LogP contribution is 2.18. The van der Waals surface area contributed by atoms with Crippen molar-refractivity contribution in [1.29, 1.82) is 0 Å². The molecule has 0 radical (unpaired) electrons. The monoisotopic (exact) mass is 255 g/mol. The largest absolute Gasteiger partial charge is 0.469 e. The summed E-state index contributed by atoms with van der Waals surface area (Å²) in [5.74, 6) is -0.256. The number of hydrogen-bond acceptors (Lipinski definition) is 3. The van der Waals surface area contributed by atoms with Crippen molar-refractivity contribution in [1.82, 2.24) is 0 Å². The van der Waals surface area contributed by atoms with Gasteiger partial charge >= 0.3 is 5.97 Å². The maximum atomic E-state index is 11.5. The van der Waals surface area contributed by atoms with Gasteiger partial charge in [-0.2, -0.15) is 0 Å². The minimum Gasteiger partial charge on any atom is -0.469 e. The molecule has 0 fully saturated rings. The average Bonchev–Trinajstić information content (AvgIpc) is 2.35. The molecule has 0 N–H and O–H groups in total. The van der Waals surface area contributed by atoms with Crippen LogP contribution in [-0.4, -0.2) is 26.7 Å². The van der Waals surface area contributed by atoms with Gasteiger partial charge in [-0.25, -0.2) is 0 Å². The molecule has 0 aromatic heterocycles. The molecule has 94 valence electrons. The summed E-state index contributed by atoms with van der Waals surface area (Å²) in [4.78, 5) is 13.5. The summed E-state index contributed by atoms with van der Waals surface area (Å²) in [5.41, 5.74) is 1.04. The number of carbonyl (C=O) groups is 1. The predicted molar refractivity (Wildman–Crippen MR) is 70.5 cm³/mol. The predicted octanol–water partition coefficient (Wildman–Crippen LogP) is 2.98. The second kappa shape index (κ2) is 6.50. The third kappa shape index (κ3) is 3.93. The first-order valence-electron chi connectivity index (χ1n) is 5.63. The fourth-order valence-electron chi connectivity index (χ4n) is 1.67. The SMILES string of the molecule is CCC(CN(C)c1ccc(Cl)cc1)C(=O)OC. The van der Waals surface area contributed by atoms with Gasteiger partial charge in [-0.1, -0.05) is 18.5 Å². The van der Waals surface area contributed by atoms with Crippen molar-refractivity contribution in [2.24, 2.45) is 5.92 Å². The quantitative estimate of drug-likeness (QED) is 0.758. The molecule has 1 atom stereocenters. The van der Waals surface area contributed by atoms with Crippen molar-refractivity contribution in [2.45, 2.75) is 13.3 Å². The Labute approximate surface area is 107 Å². The Balaban J connectivity index is 2.67. The Kier molecular flexibility index (Phi) is 5.29. The van der Waals surface area contributed by atoms with E-state index in [0.29, 0.717) is 11.6 Å². The van der Waals surface area contributed by atoms with Crippen LogP contribution >= 0.6 is 11.6 Å². The number of benzene rings is 1. The number of anilines is 1. The Bertz CT molecular complexity index is 364. The highest BCUT2D eigenvalue weighted by atomic mass is 35.5. The zero-order valence-electron chi connectivity index (χ0n) is 10.4. The van der Waals surface area contributed by atoms with Crippen LogP contribution in [0.3, 0.4) is 0 Å². The van der Waals surface area contributed by atoms with Crippen LogP contribution in [0.2, 0.25) is 5.02 Å². The van der Waals surface area contributed by atoms with Crippen LogP contribution in [-0.2, 0) is 9.53 Å². The van der Waals surface area contributed by atoms with Crippen LogP contribution in [0.1, 0.15) is 13.3 Å². The normalized spacial score (nSPS) is 12.0. The molecule has 0 aliphatic carbocycles. The van der Waals surface area contributed by atoms with Crippen molar-refractivity contribution in [3.05, 3.63) is 29.3 Å². The molecule has 1 aromatic carbocycles. The molecular weight excluding hydrogens is 238 g/mol. The molecule has 1 unspecified atom stereocenters. The molecule has 0 aliphatic rings.